The highest BCUT2D eigenvalue weighted by atomic mass is 16.3. The Balaban J connectivity index is 3.95. The van der Waals surface area contributed by atoms with Gasteiger partial charge in [0.1, 0.15) is 0 Å². The molecule has 0 aromatic rings. The molecular formula is C10H23NO2. The second kappa shape index (κ2) is 5.58. The lowest BCUT2D eigenvalue weighted by Crippen LogP contribution is -2.43. The van der Waals surface area contributed by atoms with E-state index in [0.29, 0.717) is 6.54 Å². The van der Waals surface area contributed by atoms with Gasteiger partial charge >= 0.3 is 0 Å². The van der Waals surface area contributed by atoms with Crippen molar-refractivity contribution in [1.29, 1.82) is 0 Å². The summed E-state index contributed by atoms with van der Waals surface area (Å²) in [4.78, 5) is 0. The highest BCUT2D eigenvalue weighted by molar-refractivity contribution is 4.80. The fourth-order valence-corrected chi connectivity index (χ4v) is 1.28. The van der Waals surface area contributed by atoms with E-state index in [9.17, 15) is 0 Å². The molecule has 0 aromatic heterocycles. The third kappa shape index (κ3) is 6.02. The largest absolute Gasteiger partial charge is 0.396 e. The van der Waals surface area contributed by atoms with E-state index in [1.165, 1.54) is 0 Å². The Kier molecular flexibility index (Phi) is 5.53. The first-order valence-corrected chi connectivity index (χ1v) is 4.90. The van der Waals surface area contributed by atoms with Crippen molar-refractivity contribution < 1.29 is 10.2 Å². The van der Waals surface area contributed by atoms with E-state index in [1.54, 1.807) is 6.92 Å². The van der Waals surface area contributed by atoms with E-state index in [1.807, 2.05) is 0 Å². The normalized spacial score (nSPS) is 17.1. The molecule has 0 aliphatic carbocycles. The zero-order valence-corrected chi connectivity index (χ0v) is 9.17. The van der Waals surface area contributed by atoms with Crippen LogP contribution in [0.2, 0.25) is 0 Å². The van der Waals surface area contributed by atoms with Gasteiger partial charge in [0, 0.05) is 19.2 Å². The molecule has 0 heterocycles. The SMILES string of the molecule is C[C@@H](O)CNC(CCO)C(C)(C)C. The molecule has 1 unspecified atom stereocenters. The van der Waals surface area contributed by atoms with Crippen LogP contribution in [0.3, 0.4) is 0 Å². The monoisotopic (exact) mass is 189 g/mol. The Labute approximate surface area is 81.2 Å². The Morgan fingerprint density at radius 2 is 1.85 bits per heavy atom. The molecule has 0 amide bonds. The summed E-state index contributed by atoms with van der Waals surface area (Å²) in [6.45, 7) is 8.91. The second-order valence-electron chi connectivity index (χ2n) is 4.69. The van der Waals surface area contributed by atoms with Crippen LogP contribution < -0.4 is 5.32 Å². The minimum Gasteiger partial charge on any atom is -0.396 e. The van der Waals surface area contributed by atoms with Crippen LogP contribution in [0, 0.1) is 5.41 Å². The van der Waals surface area contributed by atoms with E-state index in [0.717, 1.165) is 6.42 Å². The van der Waals surface area contributed by atoms with Crippen molar-refractivity contribution in [2.24, 2.45) is 5.41 Å². The lowest BCUT2D eigenvalue weighted by atomic mass is 9.85. The van der Waals surface area contributed by atoms with Gasteiger partial charge in [0.25, 0.3) is 0 Å². The molecule has 80 valence electrons. The van der Waals surface area contributed by atoms with Crippen LogP contribution in [0.25, 0.3) is 0 Å². The van der Waals surface area contributed by atoms with E-state index >= 15 is 0 Å². The van der Waals surface area contributed by atoms with Gasteiger partial charge in [-0.25, -0.2) is 0 Å². The summed E-state index contributed by atoms with van der Waals surface area (Å²) in [7, 11) is 0. The maximum Gasteiger partial charge on any atom is 0.0636 e. The summed E-state index contributed by atoms with van der Waals surface area (Å²) >= 11 is 0. The Morgan fingerprint density at radius 3 is 2.15 bits per heavy atom. The van der Waals surface area contributed by atoms with Crippen LogP contribution in [0.4, 0.5) is 0 Å². The van der Waals surface area contributed by atoms with Gasteiger partial charge in [-0.3, -0.25) is 0 Å². The maximum absolute atomic E-state index is 9.11. The van der Waals surface area contributed by atoms with Crippen molar-refractivity contribution in [2.45, 2.75) is 46.3 Å². The average Bonchev–Trinajstić information content (AvgIpc) is 1.95. The zero-order valence-electron chi connectivity index (χ0n) is 9.17. The zero-order chi connectivity index (χ0) is 10.5. The van der Waals surface area contributed by atoms with E-state index in [2.05, 4.69) is 26.1 Å². The standard InChI is InChI=1S/C10H23NO2/c1-8(13)7-11-9(5-6-12)10(2,3)4/h8-9,11-13H,5-7H2,1-4H3/t8-,9?/m1/s1. The topological polar surface area (TPSA) is 52.5 Å². The van der Waals surface area contributed by atoms with Crippen LogP contribution in [-0.4, -0.2) is 35.5 Å². The van der Waals surface area contributed by atoms with Gasteiger partial charge < -0.3 is 15.5 Å². The fraction of sp³-hybridized carbons (Fsp3) is 1.00. The smallest absolute Gasteiger partial charge is 0.0636 e. The Morgan fingerprint density at radius 1 is 1.31 bits per heavy atom. The third-order valence-electron chi connectivity index (χ3n) is 2.12. The van der Waals surface area contributed by atoms with Crippen molar-refractivity contribution in [3.63, 3.8) is 0 Å². The summed E-state index contributed by atoms with van der Waals surface area (Å²) in [5.41, 5.74) is 0.123. The molecule has 0 bridgehead atoms. The number of nitrogens with one attached hydrogen (secondary N) is 1. The van der Waals surface area contributed by atoms with Gasteiger partial charge in [-0.2, -0.15) is 0 Å². The molecule has 3 nitrogen and oxygen atoms in total. The molecule has 0 radical (unpaired) electrons. The first-order chi connectivity index (χ1) is 5.88. The number of aliphatic hydroxyl groups excluding tert-OH is 2. The lowest BCUT2D eigenvalue weighted by Gasteiger charge is -2.31. The number of hydrogen-bond donors (Lipinski definition) is 3. The molecule has 13 heavy (non-hydrogen) atoms. The van der Waals surface area contributed by atoms with Gasteiger partial charge in [0.05, 0.1) is 6.10 Å². The minimum absolute atomic E-state index is 0.123. The molecule has 0 fully saturated rings. The molecule has 0 aliphatic rings. The molecule has 0 aliphatic heterocycles. The molecule has 0 spiro atoms. The predicted molar refractivity (Wildman–Crippen MR) is 54.6 cm³/mol. The van der Waals surface area contributed by atoms with Crippen molar-refractivity contribution >= 4 is 0 Å². The Bertz CT molecular complexity index is 129. The van der Waals surface area contributed by atoms with Crippen molar-refractivity contribution in [3.8, 4) is 0 Å². The van der Waals surface area contributed by atoms with Gasteiger partial charge in [0.15, 0.2) is 0 Å². The molecule has 3 N–H and O–H groups in total. The van der Waals surface area contributed by atoms with E-state index < -0.39 is 0 Å². The molecule has 0 saturated carbocycles. The number of hydrogen-bond acceptors (Lipinski definition) is 3. The number of aliphatic hydroxyl groups is 2. The highest BCUT2D eigenvalue weighted by Crippen LogP contribution is 2.21. The Hall–Kier alpha value is -0.120. The second-order valence-corrected chi connectivity index (χ2v) is 4.69. The van der Waals surface area contributed by atoms with E-state index in [-0.39, 0.29) is 24.2 Å². The van der Waals surface area contributed by atoms with E-state index in [4.69, 9.17) is 10.2 Å². The quantitative estimate of drug-likeness (QED) is 0.598. The lowest BCUT2D eigenvalue weighted by molar-refractivity contribution is 0.152. The van der Waals surface area contributed by atoms with Gasteiger partial charge in [-0.15, -0.1) is 0 Å². The molecule has 0 aromatic carbocycles. The summed E-state index contributed by atoms with van der Waals surface area (Å²) in [6.07, 6.45) is 0.402. The first kappa shape index (κ1) is 12.9. The van der Waals surface area contributed by atoms with Crippen LogP contribution in [0.1, 0.15) is 34.1 Å². The summed E-state index contributed by atoms with van der Waals surface area (Å²) in [5.74, 6) is 0. The average molecular weight is 189 g/mol. The molecular weight excluding hydrogens is 166 g/mol. The third-order valence-corrected chi connectivity index (χ3v) is 2.12. The van der Waals surface area contributed by atoms with Crippen molar-refractivity contribution in [2.75, 3.05) is 13.2 Å². The molecule has 2 atom stereocenters. The van der Waals surface area contributed by atoms with Crippen LogP contribution in [-0.2, 0) is 0 Å². The highest BCUT2D eigenvalue weighted by Gasteiger charge is 2.23. The van der Waals surface area contributed by atoms with Gasteiger partial charge in [-0.05, 0) is 18.8 Å². The fourth-order valence-electron chi connectivity index (χ4n) is 1.28. The van der Waals surface area contributed by atoms with Crippen LogP contribution in [0.5, 0.6) is 0 Å². The maximum atomic E-state index is 9.11. The molecule has 0 rings (SSSR count). The van der Waals surface area contributed by atoms with Crippen molar-refractivity contribution in [3.05, 3.63) is 0 Å². The minimum atomic E-state index is -0.330. The summed E-state index contributed by atoms with van der Waals surface area (Å²) < 4.78 is 0. The number of rotatable bonds is 5. The summed E-state index contributed by atoms with van der Waals surface area (Å²) in [5, 5.41) is 21.2. The summed E-state index contributed by atoms with van der Waals surface area (Å²) in [6, 6.07) is 0.257. The van der Waals surface area contributed by atoms with Crippen molar-refractivity contribution in [1.82, 2.24) is 5.32 Å². The predicted octanol–water partition coefficient (Wildman–Crippen LogP) is 0.754. The molecule has 3 heteroatoms. The van der Waals surface area contributed by atoms with Crippen LogP contribution in [0.15, 0.2) is 0 Å². The van der Waals surface area contributed by atoms with Crippen LogP contribution >= 0.6 is 0 Å². The van der Waals surface area contributed by atoms with Gasteiger partial charge in [0.2, 0.25) is 0 Å². The first-order valence-electron chi connectivity index (χ1n) is 4.90. The van der Waals surface area contributed by atoms with Gasteiger partial charge in [-0.1, -0.05) is 20.8 Å². The molecule has 0 saturated heterocycles.